The van der Waals surface area contributed by atoms with E-state index in [0.29, 0.717) is 37.7 Å². The highest BCUT2D eigenvalue weighted by molar-refractivity contribution is 5.91. The number of amides is 2. The Morgan fingerprint density at radius 1 is 1.11 bits per heavy atom. The first kappa shape index (κ1) is 20.1. The van der Waals surface area contributed by atoms with E-state index in [1.165, 1.54) is 5.56 Å². The first-order valence-corrected chi connectivity index (χ1v) is 9.55. The number of anilines is 1. The quantitative estimate of drug-likeness (QED) is 0.744. The van der Waals surface area contributed by atoms with E-state index in [1.54, 1.807) is 7.11 Å². The predicted octanol–water partition coefficient (Wildman–Crippen LogP) is 2.76. The van der Waals surface area contributed by atoms with E-state index in [9.17, 15) is 4.79 Å². The van der Waals surface area contributed by atoms with Crippen LogP contribution in [0.1, 0.15) is 11.1 Å². The fraction of sp³-hybridized carbons (Fsp3) is 0.429. The van der Waals surface area contributed by atoms with Gasteiger partial charge in [-0.05, 0) is 42.3 Å². The van der Waals surface area contributed by atoms with E-state index in [4.69, 9.17) is 9.47 Å². The third-order valence-corrected chi connectivity index (χ3v) is 4.74. The molecule has 0 unspecified atom stereocenters. The molecule has 1 aliphatic heterocycles. The van der Waals surface area contributed by atoms with Crippen LogP contribution < -0.4 is 10.1 Å². The highest BCUT2D eigenvalue weighted by Gasteiger charge is 2.22. The Bertz CT molecular complexity index is 762. The standard InChI is InChI=1S/C21H28N4O3/c1-17-3-4-19(20(15-17)28-14-13-27-2)23-21(26)25-11-9-24(10-12-25)16-18-5-7-22-8-6-18/h3-8,15H,9-14,16H2,1-2H3,(H,23,26). The molecule has 7 heteroatoms. The molecule has 28 heavy (non-hydrogen) atoms. The van der Waals surface area contributed by atoms with Crippen LogP contribution in [-0.4, -0.2) is 67.3 Å². The van der Waals surface area contributed by atoms with Gasteiger partial charge in [-0.15, -0.1) is 0 Å². The number of piperazine rings is 1. The molecule has 0 saturated carbocycles. The van der Waals surface area contributed by atoms with Gasteiger partial charge < -0.3 is 19.7 Å². The van der Waals surface area contributed by atoms with Crippen molar-refractivity contribution in [1.82, 2.24) is 14.8 Å². The Kier molecular flexibility index (Phi) is 7.22. The Morgan fingerprint density at radius 2 is 1.86 bits per heavy atom. The molecule has 2 aromatic rings. The van der Waals surface area contributed by atoms with Crippen LogP contribution in [0, 0.1) is 6.92 Å². The normalized spacial score (nSPS) is 14.7. The van der Waals surface area contributed by atoms with Crippen LogP contribution in [0.25, 0.3) is 0 Å². The molecule has 1 fully saturated rings. The zero-order valence-corrected chi connectivity index (χ0v) is 16.6. The molecule has 3 rings (SSSR count). The zero-order valence-electron chi connectivity index (χ0n) is 16.6. The summed E-state index contributed by atoms with van der Waals surface area (Å²) in [5, 5.41) is 2.99. The van der Waals surface area contributed by atoms with Gasteiger partial charge in [-0.3, -0.25) is 9.88 Å². The number of rotatable bonds is 7. The number of nitrogens with zero attached hydrogens (tertiary/aromatic N) is 3. The van der Waals surface area contributed by atoms with E-state index in [2.05, 4.69) is 15.2 Å². The third-order valence-electron chi connectivity index (χ3n) is 4.74. The van der Waals surface area contributed by atoms with Crippen LogP contribution in [0.3, 0.4) is 0 Å². The molecule has 0 bridgehead atoms. The fourth-order valence-corrected chi connectivity index (χ4v) is 3.14. The fourth-order valence-electron chi connectivity index (χ4n) is 3.14. The van der Waals surface area contributed by atoms with E-state index in [0.717, 1.165) is 25.2 Å². The largest absolute Gasteiger partial charge is 0.489 e. The van der Waals surface area contributed by atoms with Crippen LogP contribution >= 0.6 is 0 Å². The van der Waals surface area contributed by atoms with Crippen molar-refractivity contribution in [3.05, 3.63) is 53.9 Å². The summed E-state index contributed by atoms with van der Waals surface area (Å²) in [5.74, 6) is 0.668. The van der Waals surface area contributed by atoms with E-state index < -0.39 is 0 Å². The summed E-state index contributed by atoms with van der Waals surface area (Å²) in [5.41, 5.74) is 3.01. The molecule has 1 aromatic carbocycles. The lowest BCUT2D eigenvalue weighted by Crippen LogP contribution is -2.49. The molecule has 1 aliphatic rings. The molecule has 0 aliphatic carbocycles. The summed E-state index contributed by atoms with van der Waals surface area (Å²) in [4.78, 5) is 21.0. The molecule has 7 nitrogen and oxygen atoms in total. The van der Waals surface area contributed by atoms with Gasteiger partial charge in [0.2, 0.25) is 0 Å². The number of carbonyl (C=O) groups excluding carboxylic acids is 1. The minimum absolute atomic E-state index is 0.0935. The van der Waals surface area contributed by atoms with Crippen LogP contribution in [0.5, 0.6) is 5.75 Å². The van der Waals surface area contributed by atoms with Crippen molar-refractivity contribution in [2.45, 2.75) is 13.5 Å². The average Bonchev–Trinajstić information content (AvgIpc) is 2.71. The van der Waals surface area contributed by atoms with Crippen LogP contribution in [0.15, 0.2) is 42.7 Å². The molecule has 150 valence electrons. The SMILES string of the molecule is COCCOc1cc(C)ccc1NC(=O)N1CCN(Cc2ccncc2)CC1. The zero-order chi connectivity index (χ0) is 19.8. The maximum atomic E-state index is 12.7. The number of nitrogens with one attached hydrogen (secondary N) is 1. The van der Waals surface area contributed by atoms with E-state index in [1.807, 2.05) is 54.5 Å². The van der Waals surface area contributed by atoms with E-state index in [-0.39, 0.29) is 6.03 Å². The summed E-state index contributed by atoms with van der Waals surface area (Å²) in [6, 6.07) is 9.74. The lowest BCUT2D eigenvalue weighted by atomic mass is 10.2. The number of methoxy groups -OCH3 is 1. The molecule has 0 radical (unpaired) electrons. The number of pyridine rings is 1. The van der Waals surface area contributed by atoms with Crippen molar-refractivity contribution in [3.63, 3.8) is 0 Å². The number of aromatic nitrogens is 1. The molecule has 1 saturated heterocycles. The summed E-state index contributed by atoms with van der Waals surface area (Å²) in [6.07, 6.45) is 3.62. The van der Waals surface area contributed by atoms with Crippen LogP contribution in [0.2, 0.25) is 0 Å². The number of carbonyl (C=O) groups is 1. The first-order valence-electron chi connectivity index (χ1n) is 9.55. The maximum Gasteiger partial charge on any atom is 0.322 e. The van der Waals surface area contributed by atoms with Crippen molar-refractivity contribution in [2.75, 3.05) is 51.8 Å². The second kappa shape index (κ2) is 10.1. The maximum absolute atomic E-state index is 12.7. The topological polar surface area (TPSA) is 66.9 Å². The number of aryl methyl sites for hydroxylation is 1. The molecule has 0 spiro atoms. The Labute approximate surface area is 166 Å². The molecule has 2 amide bonds. The van der Waals surface area contributed by atoms with Gasteiger partial charge in [-0.25, -0.2) is 4.79 Å². The smallest absolute Gasteiger partial charge is 0.322 e. The second-order valence-corrected chi connectivity index (χ2v) is 6.89. The Balaban J connectivity index is 1.53. The van der Waals surface area contributed by atoms with Gasteiger partial charge in [0, 0.05) is 52.2 Å². The van der Waals surface area contributed by atoms with Crippen LogP contribution in [0.4, 0.5) is 10.5 Å². The highest BCUT2D eigenvalue weighted by atomic mass is 16.5. The number of hydrogen-bond donors (Lipinski definition) is 1. The molecule has 1 N–H and O–H groups in total. The lowest BCUT2D eigenvalue weighted by molar-refractivity contribution is 0.142. The van der Waals surface area contributed by atoms with E-state index >= 15 is 0 Å². The van der Waals surface area contributed by atoms with Gasteiger partial charge >= 0.3 is 6.03 Å². The highest BCUT2D eigenvalue weighted by Crippen LogP contribution is 2.26. The average molecular weight is 384 g/mol. The van der Waals surface area contributed by atoms with Crippen molar-refractivity contribution in [3.8, 4) is 5.75 Å². The third kappa shape index (κ3) is 5.68. The minimum Gasteiger partial charge on any atom is -0.489 e. The van der Waals surface area contributed by atoms with Crippen molar-refractivity contribution < 1.29 is 14.3 Å². The number of ether oxygens (including phenoxy) is 2. The second-order valence-electron chi connectivity index (χ2n) is 6.89. The monoisotopic (exact) mass is 384 g/mol. The molecule has 2 heterocycles. The van der Waals surface area contributed by atoms with Gasteiger partial charge in [-0.2, -0.15) is 0 Å². The Morgan fingerprint density at radius 3 is 2.57 bits per heavy atom. The molecular weight excluding hydrogens is 356 g/mol. The lowest BCUT2D eigenvalue weighted by Gasteiger charge is -2.34. The van der Waals surface area contributed by atoms with Gasteiger partial charge in [0.05, 0.1) is 12.3 Å². The number of hydrogen-bond acceptors (Lipinski definition) is 5. The van der Waals surface area contributed by atoms with Gasteiger partial charge in [0.1, 0.15) is 12.4 Å². The van der Waals surface area contributed by atoms with Crippen LogP contribution in [-0.2, 0) is 11.3 Å². The molecular formula is C21H28N4O3. The molecule has 0 atom stereocenters. The van der Waals surface area contributed by atoms with Crippen molar-refractivity contribution >= 4 is 11.7 Å². The summed E-state index contributed by atoms with van der Waals surface area (Å²) >= 11 is 0. The van der Waals surface area contributed by atoms with Crippen molar-refractivity contribution in [2.24, 2.45) is 0 Å². The summed E-state index contributed by atoms with van der Waals surface area (Å²) in [6.45, 7) is 6.91. The van der Waals surface area contributed by atoms with Crippen molar-refractivity contribution in [1.29, 1.82) is 0 Å². The molecule has 1 aromatic heterocycles. The van der Waals surface area contributed by atoms with Gasteiger partial charge in [0.25, 0.3) is 0 Å². The van der Waals surface area contributed by atoms with Gasteiger partial charge in [0.15, 0.2) is 0 Å². The summed E-state index contributed by atoms with van der Waals surface area (Å²) < 4.78 is 10.8. The van der Waals surface area contributed by atoms with Gasteiger partial charge in [-0.1, -0.05) is 6.07 Å². The first-order chi connectivity index (χ1) is 13.7. The minimum atomic E-state index is -0.0935. The predicted molar refractivity (Wildman–Crippen MR) is 109 cm³/mol. The number of benzene rings is 1. The number of urea groups is 1. The Hall–Kier alpha value is -2.64. The summed E-state index contributed by atoms with van der Waals surface area (Å²) in [7, 11) is 1.64.